The van der Waals surface area contributed by atoms with Crippen molar-refractivity contribution in [2.75, 3.05) is 13.2 Å². The molecule has 0 spiro atoms. The Labute approximate surface area is 87.0 Å². The summed E-state index contributed by atoms with van der Waals surface area (Å²) < 4.78 is 0. The number of primary amides is 1. The van der Waals surface area contributed by atoms with Crippen LogP contribution in [-0.4, -0.2) is 42.0 Å². The fourth-order valence-corrected chi connectivity index (χ4v) is 0.788. The van der Waals surface area contributed by atoms with Gasteiger partial charge in [0.05, 0.1) is 13.2 Å². The molecule has 0 aliphatic carbocycles. The van der Waals surface area contributed by atoms with E-state index in [-0.39, 0.29) is 18.9 Å². The second kappa shape index (κ2) is 6.77. The number of hydrogen-bond donors (Lipinski definition) is 4. The molecule has 0 aromatic carbocycles. The minimum atomic E-state index is -1.04. The third-order valence-electron chi connectivity index (χ3n) is 1.59. The van der Waals surface area contributed by atoms with Crippen molar-refractivity contribution in [3.05, 3.63) is 0 Å². The molecule has 0 saturated carbocycles. The molecule has 0 aromatic heterocycles. The minimum absolute atomic E-state index is 0.208. The van der Waals surface area contributed by atoms with Gasteiger partial charge in [0.15, 0.2) is 0 Å². The first-order valence-corrected chi connectivity index (χ1v) is 4.47. The number of aliphatic hydroxyl groups excluding tert-OH is 1. The average Bonchev–Trinajstić information content (AvgIpc) is 2.21. The zero-order valence-electron chi connectivity index (χ0n) is 8.45. The van der Waals surface area contributed by atoms with Crippen molar-refractivity contribution in [1.82, 2.24) is 10.6 Å². The van der Waals surface area contributed by atoms with E-state index in [0.717, 1.165) is 0 Å². The highest BCUT2D eigenvalue weighted by Gasteiger charge is 2.18. The molecule has 0 rings (SSSR count). The van der Waals surface area contributed by atoms with Crippen LogP contribution in [0.4, 0.5) is 0 Å². The molecule has 3 amide bonds. The smallest absolute Gasteiger partial charge is 0.245 e. The molecule has 0 saturated heterocycles. The van der Waals surface area contributed by atoms with Gasteiger partial charge in [0, 0.05) is 6.42 Å². The first-order valence-electron chi connectivity index (χ1n) is 4.47. The lowest BCUT2D eigenvalue weighted by atomic mass is 10.2. The van der Waals surface area contributed by atoms with E-state index in [9.17, 15) is 14.4 Å². The normalized spacial score (nSPS) is 11.6. The second-order valence-corrected chi connectivity index (χ2v) is 2.84. The van der Waals surface area contributed by atoms with Crippen LogP contribution in [-0.2, 0) is 14.4 Å². The molecular formula is C8H15N3O4. The zero-order valence-corrected chi connectivity index (χ0v) is 8.45. The predicted octanol–water partition coefficient (Wildman–Crippen LogP) is -2.52. The zero-order chi connectivity index (χ0) is 11.8. The maximum Gasteiger partial charge on any atom is 0.245 e. The Bertz CT molecular complexity index is 254. The van der Waals surface area contributed by atoms with Crippen LogP contribution in [0.3, 0.4) is 0 Å². The van der Waals surface area contributed by atoms with Crippen LogP contribution in [0, 0.1) is 0 Å². The molecule has 0 radical (unpaired) electrons. The Balaban J connectivity index is 4.10. The van der Waals surface area contributed by atoms with Gasteiger partial charge in [-0.2, -0.15) is 0 Å². The lowest BCUT2D eigenvalue weighted by Crippen LogP contribution is -2.50. The summed E-state index contributed by atoms with van der Waals surface area (Å²) in [6.45, 7) is 0.763. The van der Waals surface area contributed by atoms with Gasteiger partial charge in [-0.1, -0.05) is 6.92 Å². The monoisotopic (exact) mass is 217 g/mol. The van der Waals surface area contributed by atoms with E-state index in [1.807, 2.05) is 0 Å². The Morgan fingerprint density at radius 3 is 2.40 bits per heavy atom. The van der Waals surface area contributed by atoms with Crippen LogP contribution in [0.5, 0.6) is 0 Å². The third-order valence-corrected chi connectivity index (χ3v) is 1.59. The first kappa shape index (κ1) is 13.4. The summed E-state index contributed by atoms with van der Waals surface area (Å²) >= 11 is 0. The lowest BCUT2D eigenvalue weighted by molar-refractivity contribution is -0.130. The van der Waals surface area contributed by atoms with Crippen molar-refractivity contribution < 1.29 is 19.5 Å². The van der Waals surface area contributed by atoms with Crippen LogP contribution in [0.15, 0.2) is 0 Å². The molecule has 0 heterocycles. The number of carbonyl (C=O) groups excluding carboxylic acids is 3. The van der Waals surface area contributed by atoms with Crippen LogP contribution in [0.1, 0.15) is 13.3 Å². The van der Waals surface area contributed by atoms with Crippen LogP contribution >= 0.6 is 0 Å². The van der Waals surface area contributed by atoms with Crippen molar-refractivity contribution in [3.8, 4) is 0 Å². The summed E-state index contributed by atoms with van der Waals surface area (Å²) in [5, 5.41) is 13.3. The summed E-state index contributed by atoms with van der Waals surface area (Å²) in [5.41, 5.74) is 4.81. The van der Waals surface area contributed by atoms with Gasteiger partial charge in [0.2, 0.25) is 17.7 Å². The molecule has 0 fully saturated rings. The standard InChI is InChI=1S/C8H15N3O4/c1-2-7(14)11-5(4-12)8(15)10-3-6(9)13/h5,12H,2-4H2,1H3,(H2,9,13)(H,10,15)(H,11,14)/t5-/m0/s1. The lowest BCUT2D eigenvalue weighted by Gasteiger charge is -2.14. The number of rotatable bonds is 6. The quantitative estimate of drug-likeness (QED) is 0.392. The number of carbonyl (C=O) groups is 3. The molecule has 7 nitrogen and oxygen atoms in total. The average molecular weight is 217 g/mol. The van der Waals surface area contributed by atoms with Gasteiger partial charge >= 0.3 is 0 Å². The molecule has 15 heavy (non-hydrogen) atoms. The van der Waals surface area contributed by atoms with Crippen molar-refractivity contribution in [2.45, 2.75) is 19.4 Å². The number of nitrogens with two attached hydrogens (primary N) is 1. The van der Waals surface area contributed by atoms with Crippen molar-refractivity contribution in [2.24, 2.45) is 5.73 Å². The summed E-state index contributed by atoms with van der Waals surface area (Å²) in [4.78, 5) is 32.5. The largest absolute Gasteiger partial charge is 0.394 e. The van der Waals surface area contributed by atoms with Gasteiger partial charge in [-0.25, -0.2) is 0 Å². The van der Waals surface area contributed by atoms with Crippen LogP contribution < -0.4 is 16.4 Å². The maximum atomic E-state index is 11.2. The van der Waals surface area contributed by atoms with Crippen molar-refractivity contribution in [1.29, 1.82) is 0 Å². The van der Waals surface area contributed by atoms with E-state index in [2.05, 4.69) is 10.6 Å². The van der Waals surface area contributed by atoms with Gasteiger partial charge in [0.25, 0.3) is 0 Å². The number of hydrogen-bond acceptors (Lipinski definition) is 4. The second-order valence-electron chi connectivity index (χ2n) is 2.84. The molecule has 0 bridgehead atoms. The maximum absolute atomic E-state index is 11.2. The van der Waals surface area contributed by atoms with E-state index >= 15 is 0 Å². The molecule has 7 heteroatoms. The number of nitrogens with one attached hydrogen (secondary N) is 2. The van der Waals surface area contributed by atoms with E-state index in [1.165, 1.54) is 0 Å². The molecule has 86 valence electrons. The Kier molecular flexibility index (Phi) is 6.03. The summed E-state index contributed by atoms with van der Waals surface area (Å²) in [6.07, 6.45) is 0.208. The van der Waals surface area contributed by atoms with Crippen molar-refractivity contribution in [3.63, 3.8) is 0 Å². The Morgan fingerprint density at radius 1 is 1.40 bits per heavy atom. The summed E-state index contributed by atoms with van der Waals surface area (Å²) in [6, 6.07) is -1.04. The highest BCUT2D eigenvalue weighted by Crippen LogP contribution is 1.85. The SMILES string of the molecule is CCC(=O)N[C@@H](CO)C(=O)NCC(N)=O. The van der Waals surface area contributed by atoms with E-state index in [0.29, 0.717) is 0 Å². The molecule has 0 unspecified atom stereocenters. The fourth-order valence-electron chi connectivity index (χ4n) is 0.788. The molecule has 0 aliphatic rings. The predicted molar refractivity (Wildman–Crippen MR) is 51.5 cm³/mol. The number of aliphatic hydroxyl groups is 1. The highest BCUT2D eigenvalue weighted by molar-refractivity contribution is 5.90. The van der Waals surface area contributed by atoms with Crippen LogP contribution in [0.2, 0.25) is 0 Å². The van der Waals surface area contributed by atoms with E-state index in [1.54, 1.807) is 6.92 Å². The van der Waals surface area contributed by atoms with Gasteiger partial charge < -0.3 is 21.5 Å². The minimum Gasteiger partial charge on any atom is -0.394 e. The summed E-state index contributed by atoms with van der Waals surface area (Å²) in [5.74, 6) is -1.69. The van der Waals surface area contributed by atoms with Gasteiger partial charge in [0.1, 0.15) is 6.04 Å². The topological polar surface area (TPSA) is 122 Å². The molecule has 5 N–H and O–H groups in total. The Hall–Kier alpha value is -1.63. The van der Waals surface area contributed by atoms with Crippen molar-refractivity contribution >= 4 is 17.7 Å². The number of amides is 3. The fraction of sp³-hybridized carbons (Fsp3) is 0.625. The molecule has 0 aromatic rings. The van der Waals surface area contributed by atoms with Crippen LogP contribution in [0.25, 0.3) is 0 Å². The van der Waals surface area contributed by atoms with E-state index < -0.39 is 24.5 Å². The summed E-state index contributed by atoms with van der Waals surface area (Å²) in [7, 11) is 0. The van der Waals surface area contributed by atoms with Gasteiger partial charge in [-0.3, -0.25) is 14.4 Å². The van der Waals surface area contributed by atoms with Gasteiger partial charge in [-0.15, -0.1) is 0 Å². The first-order chi connectivity index (χ1) is 7.01. The van der Waals surface area contributed by atoms with E-state index in [4.69, 9.17) is 10.8 Å². The molecular weight excluding hydrogens is 202 g/mol. The Morgan fingerprint density at radius 2 is 2.00 bits per heavy atom. The molecule has 1 atom stereocenters. The van der Waals surface area contributed by atoms with Gasteiger partial charge in [-0.05, 0) is 0 Å². The highest BCUT2D eigenvalue weighted by atomic mass is 16.3. The third kappa shape index (κ3) is 5.63. The molecule has 0 aliphatic heterocycles.